The van der Waals surface area contributed by atoms with Crippen molar-refractivity contribution >= 4 is 12.0 Å². The molecule has 1 aliphatic carbocycles. The van der Waals surface area contributed by atoms with Crippen LogP contribution in [0.5, 0.6) is 0 Å². The molecule has 0 bridgehead atoms. The fourth-order valence-electron chi connectivity index (χ4n) is 3.16. The van der Waals surface area contributed by atoms with Crippen LogP contribution in [0.1, 0.15) is 51.9 Å². The number of hydrogen-bond acceptors (Lipinski definition) is 2. The van der Waals surface area contributed by atoms with Gasteiger partial charge in [-0.05, 0) is 32.6 Å². The largest absolute Gasteiger partial charge is 0.481 e. The molecule has 5 nitrogen and oxygen atoms in total. The van der Waals surface area contributed by atoms with Gasteiger partial charge in [0.1, 0.15) is 0 Å². The van der Waals surface area contributed by atoms with E-state index < -0.39 is 11.9 Å². The first-order valence-corrected chi connectivity index (χ1v) is 7.30. The Morgan fingerprint density at radius 1 is 1.21 bits per heavy atom. The zero-order valence-corrected chi connectivity index (χ0v) is 11.7. The molecule has 0 aromatic carbocycles. The highest BCUT2D eigenvalue weighted by molar-refractivity contribution is 5.77. The van der Waals surface area contributed by atoms with Gasteiger partial charge in [-0.15, -0.1) is 0 Å². The van der Waals surface area contributed by atoms with Crippen molar-refractivity contribution in [3.8, 4) is 0 Å². The van der Waals surface area contributed by atoms with Gasteiger partial charge in [0.2, 0.25) is 0 Å². The molecule has 1 saturated heterocycles. The lowest BCUT2D eigenvalue weighted by atomic mass is 9.83. The monoisotopic (exact) mass is 268 g/mol. The molecule has 19 heavy (non-hydrogen) atoms. The lowest BCUT2D eigenvalue weighted by Gasteiger charge is -2.38. The molecule has 2 aliphatic rings. The van der Waals surface area contributed by atoms with Gasteiger partial charge in [0, 0.05) is 18.6 Å². The van der Waals surface area contributed by atoms with Gasteiger partial charge in [-0.1, -0.05) is 19.3 Å². The number of carboxylic acids is 1. The number of likely N-dealkylation sites (tertiary alicyclic amines) is 1. The van der Waals surface area contributed by atoms with Gasteiger partial charge >= 0.3 is 12.0 Å². The zero-order valence-electron chi connectivity index (χ0n) is 11.7. The van der Waals surface area contributed by atoms with Crippen LogP contribution in [0.15, 0.2) is 0 Å². The fourth-order valence-corrected chi connectivity index (χ4v) is 3.16. The van der Waals surface area contributed by atoms with Crippen molar-refractivity contribution in [2.24, 2.45) is 5.92 Å². The van der Waals surface area contributed by atoms with Crippen LogP contribution in [0.3, 0.4) is 0 Å². The summed E-state index contributed by atoms with van der Waals surface area (Å²) in [7, 11) is 0. The number of carboxylic acid groups (broad SMARTS) is 1. The SMILES string of the molecule is CC1(NC(=O)N2CCC[C@H](C(=O)O)C2)CCCCC1. The van der Waals surface area contributed by atoms with E-state index in [1.165, 1.54) is 6.42 Å². The van der Waals surface area contributed by atoms with E-state index in [4.69, 9.17) is 5.11 Å². The molecule has 1 atom stereocenters. The van der Waals surface area contributed by atoms with Crippen LogP contribution >= 0.6 is 0 Å². The quantitative estimate of drug-likeness (QED) is 0.806. The zero-order chi connectivity index (χ0) is 13.9. The first-order chi connectivity index (χ1) is 9.00. The Balaban J connectivity index is 1.90. The van der Waals surface area contributed by atoms with Gasteiger partial charge in [-0.2, -0.15) is 0 Å². The number of hydrogen-bond donors (Lipinski definition) is 2. The molecular formula is C14H24N2O3. The van der Waals surface area contributed by atoms with Crippen LogP contribution in [-0.2, 0) is 4.79 Å². The number of carbonyl (C=O) groups is 2. The lowest BCUT2D eigenvalue weighted by Crippen LogP contribution is -2.54. The fraction of sp³-hybridized carbons (Fsp3) is 0.857. The topological polar surface area (TPSA) is 69.6 Å². The third-order valence-corrected chi connectivity index (χ3v) is 4.42. The molecule has 2 amide bonds. The van der Waals surface area contributed by atoms with Gasteiger partial charge in [-0.3, -0.25) is 4.79 Å². The highest BCUT2D eigenvalue weighted by atomic mass is 16.4. The second-order valence-corrected chi connectivity index (χ2v) is 6.17. The standard InChI is InChI=1S/C14H24N2O3/c1-14(7-3-2-4-8-14)15-13(19)16-9-5-6-11(10-16)12(17)18/h11H,2-10H2,1H3,(H,15,19)(H,17,18)/t11-/m0/s1. The normalized spacial score (nSPS) is 26.8. The Bertz CT molecular complexity index is 351. The number of amides is 2. The van der Waals surface area contributed by atoms with Gasteiger partial charge in [-0.25, -0.2) is 4.79 Å². The average Bonchev–Trinajstić information content (AvgIpc) is 2.39. The predicted octanol–water partition coefficient (Wildman–Crippen LogP) is 2.22. The summed E-state index contributed by atoms with van der Waals surface area (Å²) in [4.78, 5) is 24.9. The Morgan fingerprint density at radius 3 is 2.53 bits per heavy atom. The summed E-state index contributed by atoms with van der Waals surface area (Å²) in [5, 5.41) is 12.2. The first kappa shape index (κ1) is 14.2. The van der Waals surface area contributed by atoms with E-state index in [0.29, 0.717) is 19.5 Å². The number of carbonyl (C=O) groups excluding carboxylic acids is 1. The molecule has 5 heteroatoms. The Labute approximate surface area is 114 Å². The molecule has 0 spiro atoms. The summed E-state index contributed by atoms with van der Waals surface area (Å²) in [5.41, 5.74) is -0.106. The van der Waals surface area contributed by atoms with E-state index in [1.807, 2.05) is 0 Å². The van der Waals surface area contributed by atoms with Crippen molar-refractivity contribution in [3.05, 3.63) is 0 Å². The highest BCUT2D eigenvalue weighted by Gasteiger charge is 2.33. The van der Waals surface area contributed by atoms with Crippen LogP contribution in [0.2, 0.25) is 0 Å². The molecule has 2 N–H and O–H groups in total. The minimum atomic E-state index is -0.790. The van der Waals surface area contributed by atoms with Crippen LogP contribution in [0.25, 0.3) is 0 Å². The molecule has 1 heterocycles. The maximum Gasteiger partial charge on any atom is 0.317 e. The minimum absolute atomic E-state index is 0.0876. The van der Waals surface area contributed by atoms with Crippen LogP contribution in [0.4, 0.5) is 4.79 Å². The smallest absolute Gasteiger partial charge is 0.317 e. The summed E-state index contributed by atoms with van der Waals surface area (Å²) in [6.07, 6.45) is 7.07. The summed E-state index contributed by atoms with van der Waals surface area (Å²) in [6.45, 7) is 3.12. The Morgan fingerprint density at radius 2 is 1.89 bits per heavy atom. The molecule has 1 aliphatic heterocycles. The summed E-state index contributed by atoms with van der Waals surface area (Å²) in [6, 6.07) is -0.0876. The lowest BCUT2D eigenvalue weighted by molar-refractivity contribution is -0.143. The third-order valence-electron chi connectivity index (χ3n) is 4.42. The van der Waals surface area contributed by atoms with E-state index >= 15 is 0 Å². The van der Waals surface area contributed by atoms with E-state index in [1.54, 1.807) is 4.90 Å². The van der Waals surface area contributed by atoms with Gasteiger partial charge in [0.15, 0.2) is 0 Å². The number of rotatable bonds is 2. The van der Waals surface area contributed by atoms with Crippen LogP contribution in [-0.4, -0.2) is 40.6 Å². The number of piperidine rings is 1. The molecule has 2 fully saturated rings. The maximum absolute atomic E-state index is 12.3. The van der Waals surface area contributed by atoms with Crippen molar-refractivity contribution < 1.29 is 14.7 Å². The first-order valence-electron chi connectivity index (χ1n) is 7.30. The van der Waals surface area contributed by atoms with Crippen LogP contribution in [0, 0.1) is 5.92 Å². The molecule has 108 valence electrons. The van der Waals surface area contributed by atoms with Crippen molar-refractivity contribution in [2.45, 2.75) is 57.4 Å². The Hall–Kier alpha value is -1.26. The summed E-state index contributed by atoms with van der Waals surface area (Å²) < 4.78 is 0. The van der Waals surface area contributed by atoms with Gasteiger partial charge in [0.25, 0.3) is 0 Å². The van der Waals surface area contributed by atoms with Crippen LogP contribution < -0.4 is 5.32 Å². The van der Waals surface area contributed by atoms with E-state index in [0.717, 1.165) is 32.1 Å². The van der Waals surface area contributed by atoms with Crippen molar-refractivity contribution in [2.75, 3.05) is 13.1 Å². The van der Waals surface area contributed by atoms with E-state index in [2.05, 4.69) is 12.2 Å². The second-order valence-electron chi connectivity index (χ2n) is 6.17. The van der Waals surface area contributed by atoms with Crippen molar-refractivity contribution in [3.63, 3.8) is 0 Å². The predicted molar refractivity (Wildman–Crippen MR) is 72.0 cm³/mol. The van der Waals surface area contributed by atoms with Gasteiger partial charge < -0.3 is 15.3 Å². The Kier molecular flexibility index (Phi) is 4.32. The summed E-state index contributed by atoms with van der Waals surface area (Å²) >= 11 is 0. The van der Waals surface area contributed by atoms with Crippen molar-refractivity contribution in [1.82, 2.24) is 10.2 Å². The maximum atomic E-state index is 12.3. The molecule has 0 radical (unpaired) electrons. The van der Waals surface area contributed by atoms with E-state index in [-0.39, 0.29) is 11.6 Å². The minimum Gasteiger partial charge on any atom is -0.481 e. The average molecular weight is 268 g/mol. The third kappa shape index (κ3) is 3.61. The number of urea groups is 1. The van der Waals surface area contributed by atoms with E-state index in [9.17, 15) is 9.59 Å². The summed E-state index contributed by atoms with van der Waals surface area (Å²) in [5.74, 6) is -1.19. The molecule has 0 aromatic heterocycles. The molecule has 0 aromatic rings. The second kappa shape index (κ2) is 5.80. The number of nitrogens with one attached hydrogen (secondary N) is 1. The molecular weight excluding hydrogens is 244 g/mol. The number of nitrogens with zero attached hydrogens (tertiary/aromatic N) is 1. The van der Waals surface area contributed by atoms with Gasteiger partial charge in [0.05, 0.1) is 5.92 Å². The molecule has 0 unspecified atom stereocenters. The molecule has 2 rings (SSSR count). The number of aliphatic carboxylic acids is 1. The molecule has 1 saturated carbocycles. The van der Waals surface area contributed by atoms with Crippen molar-refractivity contribution in [1.29, 1.82) is 0 Å². The highest BCUT2D eigenvalue weighted by Crippen LogP contribution is 2.28.